The van der Waals surface area contributed by atoms with Gasteiger partial charge in [0.05, 0.1) is 6.54 Å². The van der Waals surface area contributed by atoms with Crippen molar-refractivity contribution in [2.75, 3.05) is 10.6 Å². The number of rotatable bonds is 6. The van der Waals surface area contributed by atoms with Crippen LogP contribution >= 0.6 is 0 Å². The van der Waals surface area contributed by atoms with Crippen LogP contribution in [0.5, 0.6) is 11.5 Å². The fourth-order valence-corrected chi connectivity index (χ4v) is 2.58. The lowest BCUT2D eigenvalue weighted by atomic mass is 10.2. The maximum atomic E-state index is 11.2. The Bertz CT molecular complexity index is 971. The van der Waals surface area contributed by atoms with E-state index in [1.165, 1.54) is 6.92 Å². The molecule has 0 aromatic heterocycles. The summed E-state index contributed by atoms with van der Waals surface area (Å²) in [5.41, 5.74) is 8.46. The van der Waals surface area contributed by atoms with Crippen molar-refractivity contribution in [2.24, 2.45) is 10.7 Å². The predicted molar refractivity (Wildman–Crippen MR) is 113 cm³/mol. The molecule has 142 valence electrons. The van der Waals surface area contributed by atoms with E-state index in [0.717, 1.165) is 22.7 Å². The molecule has 0 saturated heterocycles. The second-order valence-corrected chi connectivity index (χ2v) is 6.15. The Kier molecular flexibility index (Phi) is 6.25. The number of benzene rings is 3. The summed E-state index contributed by atoms with van der Waals surface area (Å²) in [6.45, 7) is 1.87. The highest BCUT2D eigenvalue weighted by Crippen LogP contribution is 2.23. The van der Waals surface area contributed by atoms with E-state index in [9.17, 15) is 4.79 Å². The molecule has 3 rings (SSSR count). The number of nitrogens with two attached hydrogens (primary N) is 1. The summed E-state index contributed by atoms with van der Waals surface area (Å²) in [6, 6.07) is 24.5. The first-order chi connectivity index (χ1) is 13.6. The number of hydrogen-bond donors (Lipinski definition) is 3. The molecule has 0 radical (unpaired) electrons. The molecule has 0 fully saturated rings. The maximum Gasteiger partial charge on any atom is 0.221 e. The fraction of sp³-hybridized carbons (Fsp3) is 0.0909. The molecule has 4 N–H and O–H groups in total. The molecule has 0 unspecified atom stereocenters. The van der Waals surface area contributed by atoms with Gasteiger partial charge in [-0.3, -0.25) is 4.79 Å². The summed E-state index contributed by atoms with van der Waals surface area (Å²) in [5.74, 6) is 1.65. The summed E-state index contributed by atoms with van der Waals surface area (Å²) in [6.07, 6.45) is 0. The smallest absolute Gasteiger partial charge is 0.221 e. The highest BCUT2D eigenvalue weighted by Gasteiger charge is 2.01. The van der Waals surface area contributed by atoms with Crippen LogP contribution in [0, 0.1) is 0 Å². The van der Waals surface area contributed by atoms with Gasteiger partial charge in [-0.1, -0.05) is 36.4 Å². The summed E-state index contributed by atoms with van der Waals surface area (Å²) in [5, 5.41) is 5.81. The van der Waals surface area contributed by atoms with Gasteiger partial charge in [-0.2, -0.15) is 0 Å². The number of nitrogens with one attached hydrogen (secondary N) is 2. The van der Waals surface area contributed by atoms with E-state index in [0.29, 0.717) is 18.3 Å². The predicted octanol–water partition coefficient (Wildman–Crippen LogP) is 4.36. The Morgan fingerprint density at radius 3 is 2.32 bits per heavy atom. The van der Waals surface area contributed by atoms with Crippen LogP contribution in [0.2, 0.25) is 0 Å². The van der Waals surface area contributed by atoms with Gasteiger partial charge in [0.1, 0.15) is 11.5 Å². The lowest BCUT2D eigenvalue weighted by Gasteiger charge is -2.09. The van der Waals surface area contributed by atoms with Crippen LogP contribution in [-0.4, -0.2) is 11.9 Å². The van der Waals surface area contributed by atoms with Crippen molar-refractivity contribution >= 4 is 23.2 Å². The van der Waals surface area contributed by atoms with Crippen LogP contribution in [0.15, 0.2) is 83.9 Å². The number of aliphatic imine (C=N–C) groups is 1. The van der Waals surface area contributed by atoms with Gasteiger partial charge in [-0.15, -0.1) is 0 Å². The van der Waals surface area contributed by atoms with Crippen molar-refractivity contribution in [3.05, 3.63) is 84.4 Å². The van der Waals surface area contributed by atoms with Gasteiger partial charge in [0.15, 0.2) is 5.96 Å². The number of ether oxygens (including phenoxy) is 1. The highest BCUT2D eigenvalue weighted by molar-refractivity contribution is 5.92. The molecular formula is C22H22N4O2. The van der Waals surface area contributed by atoms with Crippen molar-refractivity contribution in [2.45, 2.75) is 13.5 Å². The minimum absolute atomic E-state index is 0.112. The Labute approximate surface area is 164 Å². The zero-order valence-electron chi connectivity index (χ0n) is 15.6. The Morgan fingerprint density at radius 2 is 1.57 bits per heavy atom. The molecule has 0 atom stereocenters. The van der Waals surface area contributed by atoms with Crippen molar-refractivity contribution in [1.82, 2.24) is 0 Å². The number of hydrogen-bond acceptors (Lipinski definition) is 3. The maximum absolute atomic E-state index is 11.2. The van der Waals surface area contributed by atoms with Crippen LogP contribution < -0.4 is 21.1 Å². The topological polar surface area (TPSA) is 88.7 Å². The fourth-order valence-electron chi connectivity index (χ4n) is 2.58. The van der Waals surface area contributed by atoms with Crippen LogP contribution in [0.25, 0.3) is 0 Å². The van der Waals surface area contributed by atoms with Gasteiger partial charge in [0, 0.05) is 24.4 Å². The zero-order chi connectivity index (χ0) is 19.8. The number of para-hydroxylation sites is 1. The number of carbonyl (C=O) groups excluding carboxylic acids is 1. The Hall–Kier alpha value is -3.80. The Balaban J connectivity index is 1.62. The van der Waals surface area contributed by atoms with Crippen molar-refractivity contribution < 1.29 is 9.53 Å². The number of nitrogens with zero attached hydrogens (tertiary/aromatic N) is 1. The van der Waals surface area contributed by atoms with E-state index in [1.54, 1.807) is 0 Å². The molecule has 3 aromatic rings. The number of guanidine groups is 1. The van der Waals surface area contributed by atoms with E-state index in [1.807, 2.05) is 78.9 Å². The van der Waals surface area contributed by atoms with Gasteiger partial charge in [-0.25, -0.2) is 4.99 Å². The molecule has 0 saturated carbocycles. The third-order valence-electron chi connectivity index (χ3n) is 3.76. The molecule has 0 bridgehead atoms. The second kappa shape index (κ2) is 9.23. The molecule has 28 heavy (non-hydrogen) atoms. The number of carbonyl (C=O) groups is 1. The average Bonchev–Trinajstić information content (AvgIpc) is 2.67. The molecular weight excluding hydrogens is 352 g/mol. The first kappa shape index (κ1) is 19.0. The Morgan fingerprint density at radius 1 is 0.893 bits per heavy atom. The van der Waals surface area contributed by atoms with Crippen molar-refractivity contribution in [1.29, 1.82) is 0 Å². The third-order valence-corrected chi connectivity index (χ3v) is 3.76. The largest absolute Gasteiger partial charge is 0.457 e. The third kappa shape index (κ3) is 5.88. The van der Waals surface area contributed by atoms with Gasteiger partial charge in [0.2, 0.25) is 5.91 Å². The van der Waals surface area contributed by atoms with Crippen LogP contribution in [0.1, 0.15) is 12.5 Å². The highest BCUT2D eigenvalue weighted by atomic mass is 16.5. The van der Waals surface area contributed by atoms with Gasteiger partial charge >= 0.3 is 0 Å². The molecule has 3 aromatic carbocycles. The van der Waals surface area contributed by atoms with Gasteiger partial charge < -0.3 is 21.1 Å². The SMILES string of the molecule is CC(=O)Nc1cccc(CN=C(N)Nc2cccc(Oc3ccccc3)c2)c1. The van der Waals surface area contributed by atoms with Crippen molar-refractivity contribution in [3.63, 3.8) is 0 Å². The van der Waals surface area contributed by atoms with E-state index in [-0.39, 0.29) is 5.91 Å². The minimum Gasteiger partial charge on any atom is -0.457 e. The number of anilines is 2. The summed E-state index contributed by atoms with van der Waals surface area (Å²) in [7, 11) is 0. The molecule has 6 nitrogen and oxygen atoms in total. The summed E-state index contributed by atoms with van der Waals surface area (Å²) < 4.78 is 5.82. The second-order valence-electron chi connectivity index (χ2n) is 6.15. The first-order valence-corrected chi connectivity index (χ1v) is 8.85. The van der Waals surface area contributed by atoms with E-state index >= 15 is 0 Å². The first-order valence-electron chi connectivity index (χ1n) is 8.85. The van der Waals surface area contributed by atoms with Gasteiger partial charge in [-0.05, 0) is 42.0 Å². The minimum atomic E-state index is -0.112. The summed E-state index contributed by atoms with van der Waals surface area (Å²) >= 11 is 0. The normalized spacial score (nSPS) is 11.0. The summed E-state index contributed by atoms with van der Waals surface area (Å²) in [4.78, 5) is 15.5. The quantitative estimate of drug-likeness (QED) is 0.442. The molecule has 0 aliphatic heterocycles. The van der Waals surface area contributed by atoms with Crippen LogP contribution in [-0.2, 0) is 11.3 Å². The van der Waals surface area contributed by atoms with Crippen LogP contribution in [0.3, 0.4) is 0 Å². The van der Waals surface area contributed by atoms with Crippen molar-refractivity contribution in [3.8, 4) is 11.5 Å². The van der Waals surface area contributed by atoms with E-state index < -0.39 is 0 Å². The molecule has 0 aliphatic carbocycles. The molecule has 1 amide bonds. The zero-order valence-corrected chi connectivity index (χ0v) is 15.6. The average molecular weight is 374 g/mol. The monoisotopic (exact) mass is 374 g/mol. The standard InChI is InChI=1S/C22H22N4O2/c1-16(27)25-18-8-5-7-17(13-18)15-24-22(23)26-19-9-6-12-21(14-19)28-20-10-3-2-4-11-20/h2-14H,15H2,1H3,(H,25,27)(H3,23,24,26). The number of amides is 1. The van der Waals surface area contributed by atoms with E-state index in [2.05, 4.69) is 15.6 Å². The molecule has 0 spiro atoms. The molecule has 0 heterocycles. The molecule has 0 aliphatic rings. The van der Waals surface area contributed by atoms with Gasteiger partial charge in [0.25, 0.3) is 0 Å². The molecule has 6 heteroatoms. The van der Waals surface area contributed by atoms with Crippen LogP contribution in [0.4, 0.5) is 11.4 Å². The lowest BCUT2D eigenvalue weighted by molar-refractivity contribution is -0.114. The van der Waals surface area contributed by atoms with E-state index in [4.69, 9.17) is 10.5 Å². The lowest BCUT2D eigenvalue weighted by Crippen LogP contribution is -2.22.